The quantitative estimate of drug-likeness (QED) is 0.566. The molecule has 0 aliphatic rings. The van der Waals surface area contributed by atoms with Crippen molar-refractivity contribution in [2.75, 3.05) is 31.4 Å². The van der Waals surface area contributed by atoms with E-state index in [2.05, 4.69) is 0 Å². The van der Waals surface area contributed by atoms with Crippen molar-refractivity contribution in [1.82, 2.24) is 0 Å². The smallest absolute Gasteiger partial charge is 0.341 e. The van der Waals surface area contributed by atoms with Crippen LogP contribution in [0.3, 0.4) is 0 Å². The topological polar surface area (TPSA) is 80.8 Å². The van der Waals surface area contributed by atoms with Gasteiger partial charge >= 0.3 is 5.76 Å². The Bertz CT molecular complexity index is 1010. The Morgan fingerprint density at radius 2 is 1.61 bits per heavy atom. The third-order valence-corrected chi connectivity index (χ3v) is 6.53. The summed E-state index contributed by atoms with van der Waals surface area (Å²) < 4.78 is 77.8. The Labute approximate surface area is 163 Å². The zero-order valence-electron chi connectivity index (χ0n) is 15.4. The van der Waals surface area contributed by atoms with E-state index >= 15 is 0 Å². The first-order valence-corrected chi connectivity index (χ1v) is 11.7. The van der Waals surface area contributed by atoms with E-state index in [0.717, 1.165) is 12.3 Å². The molecule has 0 aliphatic heterocycles. The van der Waals surface area contributed by atoms with Gasteiger partial charge in [-0.25, -0.2) is 16.8 Å². The first-order valence-electron chi connectivity index (χ1n) is 8.28. The number of ether oxygens (including phenoxy) is 1. The molecule has 28 heavy (non-hydrogen) atoms. The van der Waals surface area contributed by atoms with Crippen molar-refractivity contribution < 1.29 is 30.4 Å². The van der Waals surface area contributed by atoms with Gasteiger partial charge in [-0.3, -0.25) is 0 Å². The summed E-state index contributed by atoms with van der Waals surface area (Å²) in [7, 11) is -6.36. The van der Waals surface area contributed by atoms with E-state index in [1.54, 1.807) is 30.1 Å². The van der Waals surface area contributed by atoms with Gasteiger partial charge in [0.25, 0.3) is 0 Å². The van der Waals surface area contributed by atoms with Gasteiger partial charge in [0.2, 0.25) is 9.84 Å². The fraction of sp³-hybridized carbons (Fsp3) is 0.333. The van der Waals surface area contributed by atoms with Crippen molar-refractivity contribution in [3.8, 4) is 5.75 Å². The molecule has 6 nitrogen and oxygen atoms in total. The zero-order valence-corrected chi connectivity index (χ0v) is 17.0. The number of rotatable bonds is 9. The number of halogens is 2. The second-order valence-corrected chi connectivity index (χ2v) is 10.0. The van der Waals surface area contributed by atoms with Crippen LogP contribution in [-0.2, 0) is 19.7 Å². The van der Waals surface area contributed by atoms with Crippen molar-refractivity contribution in [2.45, 2.75) is 22.0 Å². The summed E-state index contributed by atoms with van der Waals surface area (Å²) >= 11 is 0. The van der Waals surface area contributed by atoms with Crippen LogP contribution in [0.5, 0.6) is 5.75 Å². The molecule has 0 bridgehead atoms. The molecule has 0 saturated heterocycles. The van der Waals surface area contributed by atoms with Gasteiger partial charge < -0.3 is 9.64 Å². The van der Waals surface area contributed by atoms with Crippen molar-refractivity contribution in [2.24, 2.45) is 0 Å². The Hall–Kier alpha value is -2.20. The first-order chi connectivity index (χ1) is 13.0. The molecule has 0 atom stereocenters. The average molecular weight is 433 g/mol. The Morgan fingerprint density at radius 3 is 2.18 bits per heavy atom. The van der Waals surface area contributed by atoms with Crippen LogP contribution in [0.15, 0.2) is 58.3 Å². The Morgan fingerprint density at radius 1 is 1.00 bits per heavy atom. The molecule has 0 aromatic heterocycles. The molecular weight excluding hydrogens is 412 g/mol. The van der Waals surface area contributed by atoms with Crippen LogP contribution in [0.4, 0.5) is 14.5 Å². The minimum absolute atomic E-state index is 0.191. The summed E-state index contributed by atoms with van der Waals surface area (Å²) in [6.07, 6.45) is 1.61. The molecular formula is C18H21F2NO5S2. The molecule has 10 heteroatoms. The lowest BCUT2D eigenvalue weighted by molar-refractivity contribution is 0.235. The Kier molecular flexibility index (Phi) is 7.00. The van der Waals surface area contributed by atoms with Gasteiger partial charge in [0.05, 0.1) is 22.1 Å². The van der Waals surface area contributed by atoms with Gasteiger partial charge in [0.1, 0.15) is 5.75 Å². The normalized spacial score (nSPS) is 12.2. The fourth-order valence-electron chi connectivity index (χ4n) is 2.50. The van der Waals surface area contributed by atoms with E-state index in [1.165, 1.54) is 24.3 Å². The molecule has 0 spiro atoms. The van der Waals surface area contributed by atoms with Crippen LogP contribution in [0.1, 0.15) is 6.42 Å². The van der Waals surface area contributed by atoms with E-state index in [4.69, 9.17) is 4.74 Å². The van der Waals surface area contributed by atoms with E-state index in [0.29, 0.717) is 18.7 Å². The van der Waals surface area contributed by atoms with Crippen molar-refractivity contribution in [1.29, 1.82) is 0 Å². The summed E-state index contributed by atoms with van der Waals surface area (Å²) in [5.41, 5.74) is 0.195. The van der Waals surface area contributed by atoms with Gasteiger partial charge in [0.15, 0.2) is 9.84 Å². The molecule has 2 aromatic rings. The molecule has 2 rings (SSSR count). The van der Waals surface area contributed by atoms with Gasteiger partial charge in [0, 0.05) is 19.8 Å². The first kappa shape index (κ1) is 22.1. The number of nitrogens with zero attached hydrogens (tertiary/aromatic N) is 1. The molecule has 0 unspecified atom stereocenters. The van der Waals surface area contributed by atoms with E-state index in [9.17, 15) is 25.6 Å². The highest BCUT2D eigenvalue weighted by Crippen LogP contribution is 2.28. The number of para-hydroxylation sites is 1. The predicted molar refractivity (Wildman–Crippen MR) is 103 cm³/mol. The molecule has 0 fully saturated rings. The minimum Gasteiger partial charge on any atom is -0.494 e. The maximum Gasteiger partial charge on any atom is 0.341 e. The number of sulfone groups is 2. The summed E-state index contributed by atoms with van der Waals surface area (Å²) in [6.45, 7) is 0.656. The lowest BCUT2D eigenvalue weighted by Gasteiger charge is -2.22. The lowest BCUT2D eigenvalue weighted by Crippen LogP contribution is -2.23. The largest absolute Gasteiger partial charge is 0.494 e. The third-order valence-electron chi connectivity index (χ3n) is 3.98. The number of hydrogen-bond donors (Lipinski definition) is 0. The molecule has 0 saturated carbocycles. The summed E-state index contributed by atoms with van der Waals surface area (Å²) in [5.74, 6) is -2.99. The number of anilines is 1. The van der Waals surface area contributed by atoms with Crippen molar-refractivity contribution in [3.05, 3.63) is 48.5 Å². The minimum atomic E-state index is -4.70. The second-order valence-electron chi connectivity index (χ2n) is 6.14. The van der Waals surface area contributed by atoms with Crippen LogP contribution >= 0.6 is 0 Å². The SMILES string of the molecule is CN(CCCOc1ccc(S(C)(=O)=O)cc1)c1ccccc1S(=O)(=O)C(F)F. The molecule has 0 aliphatic carbocycles. The molecule has 0 amide bonds. The van der Waals surface area contributed by atoms with Crippen LogP contribution in [0.25, 0.3) is 0 Å². The maximum atomic E-state index is 12.9. The van der Waals surface area contributed by atoms with E-state index < -0.39 is 30.3 Å². The summed E-state index contributed by atoms with van der Waals surface area (Å²) in [5, 5.41) is 0. The highest BCUT2D eigenvalue weighted by molar-refractivity contribution is 7.92. The van der Waals surface area contributed by atoms with E-state index in [-0.39, 0.29) is 17.2 Å². The predicted octanol–water partition coefficient (Wildman–Crippen LogP) is 2.99. The van der Waals surface area contributed by atoms with Gasteiger partial charge in [-0.1, -0.05) is 12.1 Å². The highest BCUT2D eigenvalue weighted by atomic mass is 32.2. The third kappa shape index (κ3) is 5.41. The zero-order chi connectivity index (χ0) is 20.9. The second kappa shape index (κ2) is 8.87. The molecule has 0 N–H and O–H groups in total. The van der Waals surface area contributed by atoms with Crippen LogP contribution in [0, 0.1) is 0 Å². The number of hydrogen-bond acceptors (Lipinski definition) is 6. The lowest BCUT2D eigenvalue weighted by atomic mass is 10.3. The van der Waals surface area contributed by atoms with Crippen molar-refractivity contribution in [3.63, 3.8) is 0 Å². The van der Waals surface area contributed by atoms with Crippen LogP contribution in [-0.4, -0.2) is 49.0 Å². The van der Waals surface area contributed by atoms with E-state index in [1.807, 2.05) is 0 Å². The average Bonchev–Trinajstić information content (AvgIpc) is 2.64. The maximum absolute atomic E-state index is 12.9. The molecule has 2 aromatic carbocycles. The van der Waals surface area contributed by atoms with Gasteiger partial charge in [-0.05, 0) is 42.8 Å². The Balaban J connectivity index is 1.96. The molecule has 0 heterocycles. The highest BCUT2D eigenvalue weighted by Gasteiger charge is 2.29. The number of benzene rings is 2. The number of alkyl halides is 2. The molecule has 0 radical (unpaired) electrons. The van der Waals surface area contributed by atoms with Crippen LogP contribution in [0.2, 0.25) is 0 Å². The molecule has 154 valence electrons. The summed E-state index contributed by atoms with van der Waals surface area (Å²) in [4.78, 5) is 1.35. The fourth-order valence-corrected chi connectivity index (χ4v) is 4.11. The van der Waals surface area contributed by atoms with Crippen LogP contribution < -0.4 is 9.64 Å². The summed E-state index contributed by atoms with van der Waals surface area (Å²) in [6, 6.07) is 11.6. The van der Waals surface area contributed by atoms with Crippen molar-refractivity contribution >= 4 is 25.4 Å². The standard InChI is InChI=1S/C18H21F2NO5S2/c1-21(16-6-3-4-7-17(16)28(24,25)18(19)20)12-5-13-26-14-8-10-15(11-9-14)27(2,22)23/h3-4,6-11,18H,5,12-13H2,1-2H3. The van der Waals surface area contributed by atoms with Gasteiger partial charge in [-0.2, -0.15) is 8.78 Å². The van der Waals surface area contributed by atoms with Gasteiger partial charge in [-0.15, -0.1) is 0 Å². The monoisotopic (exact) mass is 433 g/mol.